The van der Waals surface area contributed by atoms with E-state index in [1.165, 1.54) is 38.9 Å². The predicted octanol–water partition coefficient (Wildman–Crippen LogP) is 8.49. The number of H-pyrrole nitrogens is 1. The fourth-order valence-corrected chi connectivity index (χ4v) is 6.52. The highest BCUT2D eigenvalue weighted by molar-refractivity contribution is 5.94. The molecule has 5 nitrogen and oxygen atoms in total. The molecule has 0 radical (unpaired) electrons. The topological polar surface area (TPSA) is 61.0 Å². The van der Waals surface area contributed by atoms with Crippen molar-refractivity contribution in [1.29, 1.82) is 0 Å². The smallest absolute Gasteiger partial charge is 0.233 e. The van der Waals surface area contributed by atoms with Crippen molar-refractivity contribution in [3.8, 4) is 11.3 Å². The molecule has 4 rings (SSSR count). The number of aryl methyl sites for hydroxylation is 3. The number of aromatic amines is 1. The van der Waals surface area contributed by atoms with E-state index in [1.807, 2.05) is 17.3 Å². The van der Waals surface area contributed by atoms with E-state index in [0.717, 1.165) is 43.4 Å². The summed E-state index contributed by atoms with van der Waals surface area (Å²) in [5.74, 6) is 0.451. The van der Waals surface area contributed by atoms with E-state index in [1.54, 1.807) is 0 Å². The van der Waals surface area contributed by atoms with Crippen LogP contribution >= 0.6 is 0 Å². The minimum absolute atomic E-state index is 0.144. The Hall–Kier alpha value is -3.44. The van der Waals surface area contributed by atoms with Crippen LogP contribution in [0, 0.1) is 13.8 Å². The molecule has 4 aromatic rings. The number of hydrogen-bond acceptors (Lipinski definition) is 3. The SMILES string of the molecule is Cc1cc(C)cc(-c2[nH]c3ccc(C(C)(C)C(=O)N(C(C)C)C(C)C)cc3c2[C@H](C)CNCCCCc2ccncc2)c1. The third-order valence-corrected chi connectivity index (χ3v) is 8.71. The molecule has 0 aliphatic heterocycles. The Morgan fingerprint density at radius 3 is 2.19 bits per heavy atom. The molecule has 1 atom stereocenters. The number of pyridine rings is 1. The summed E-state index contributed by atoms with van der Waals surface area (Å²) in [7, 11) is 0. The van der Waals surface area contributed by atoms with Gasteiger partial charge in [-0.05, 0) is 146 Å². The number of amides is 1. The first kappa shape index (κ1) is 32.5. The molecule has 0 aliphatic carbocycles. The van der Waals surface area contributed by atoms with Crippen molar-refractivity contribution in [3.05, 3.63) is 88.7 Å². The van der Waals surface area contributed by atoms with Crippen LogP contribution in [0.2, 0.25) is 0 Å². The van der Waals surface area contributed by atoms with Crippen molar-refractivity contribution in [2.75, 3.05) is 13.1 Å². The third-order valence-electron chi connectivity index (χ3n) is 8.71. The highest BCUT2D eigenvalue weighted by Gasteiger charge is 2.36. The van der Waals surface area contributed by atoms with Crippen LogP contribution in [0.5, 0.6) is 0 Å². The average Bonchev–Trinajstić information content (AvgIpc) is 3.33. The monoisotopic (exact) mass is 580 g/mol. The first-order valence-electron chi connectivity index (χ1n) is 16.1. The van der Waals surface area contributed by atoms with Gasteiger partial charge in [-0.3, -0.25) is 9.78 Å². The Balaban J connectivity index is 1.64. The van der Waals surface area contributed by atoms with Gasteiger partial charge in [0, 0.05) is 41.9 Å². The number of carbonyl (C=O) groups excluding carboxylic acids is 1. The number of benzene rings is 2. The molecule has 2 aromatic heterocycles. The molecule has 230 valence electrons. The lowest BCUT2D eigenvalue weighted by molar-refractivity contribution is -0.140. The summed E-state index contributed by atoms with van der Waals surface area (Å²) >= 11 is 0. The second kappa shape index (κ2) is 13.9. The van der Waals surface area contributed by atoms with Gasteiger partial charge < -0.3 is 15.2 Å². The zero-order chi connectivity index (χ0) is 31.3. The van der Waals surface area contributed by atoms with Crippen molar-refractivity contribution in [2.45, 2.75) is 105 Å². The van der Waals surface area contributed by atoms with E-state index in [2.05, 4.69) is 126 Å². The van der Waals surface area contributed by atoms with E-state index in [4.69, 9.17) is 0 Å². The molecule has 1 amide bonds. The highest BCUT2D eigenvalue weighted by atomic mass is 16.2. The quantitative estimate of drug-likeness (QED) is 0.156. The maximum atomic E-state index is 13.9. The van der Waals surface area contributed by atoms with Gasteiger partial charge in [-0.2, -0.15) is 0 Å². The Bertz CT molecular complexity index is 1490. The maximum Gasteiger partial charge on any atom is 0.233 e. The van der Waals surface area contributed by atoms with Gasteiger partial charge in [0.2, 0.25) is 5.91 Å². The van der Waals surface area contributed by atoms with Crippen LogP contribution in [0.15, 0.2) is 60.9 Å². The number of hydrogen-bond donors (Lipinski definition) is 2. The molecule has 43 heavy (non-hydrogen) atoms. The van der Waals surface area contributed by atoms with Crippen molar-refractivity contribution in [1.82, 2.24) is 20.2 Å². The molecular weight excluding hydrogens is 528 g/mol. The molecule has 0 unspecified atom stereocenters. The van der Waals surface area contributed by atoms with Crippen molar-refractivity contribution in [2.24, 2.45) is 0 Å². The number of nitrogens with one attached hydrogen (secondary N) is 2. The van der Waals surface area contributed by atoms with Gasteiger partial charge >= 0.3 is 0 Å². The van der Waals surface area contributed by atoms with Gasteiger partial charge in [-0.25, -0.2) is 0 Å². The van der Waals surface area contributed by atoms with Gasteiger partial charge in [-0.15, -0.1) is 0 Å². The molecule has 0 aliphatic rings. The average molecular weight is 581 g/mol. The third kappa shape index (κ3) is 7.56. The van der Waals surface area contributed by atoms with Crippen LogP contribution in [0.4, 0.5) is 0 Å². The van der Waals surface area contributed by atoms with E-state index in [9.17, 15) is 4.79 Å². The molecule has 0 fully saturated rings. The molecule has 2 N–H and O–H groups in total. The first-order valence-corrected chi connectivity index (χ1v) is 16.1. The van der Waals surface area contributed by atoms with Gasteiger partial charge in [-0.1, -0.05) is 30.2 Å². The van der Waals surface area contributed by atoms with E-state index < -0.39 is 5.41 Å². The van der Waals surface area contributed by atoms with Gasteiger partial charge in [0.1, 0.15) is 0 Å². The largest absolute Gasteiger partial charge is 0.354 e. The molecule has 0 saturated heterocycles. The molecule has 0 saturated carbocycles. The Kier molecular flexibility index (Phi) is 10.5. The molecule has 0 bridgehead atoms. The van der Waals surface area contributed by atoms with Crippen molar-refractivity contribution in [3.63, 3.8) is 0 Å². The fourth-order valence-electron chi connectivity index (χ4n) is 6.52. The van der Waals surface area contributed by atoms with Gasteiger partial charge in [0.15, 0.2) is 0 Å². The summed E-state index contributed by atoms with van der Waals surface area (Å²) in [4.78, 5) is 23.9. The summed E-state index contributed by atoms with van der Waals surface area (Å²) in [6.45, 7) is 21.1. The van der Waals surface area contributed by atoms with Crippen LogP contribution < -0.4 is 5.32 Å². The van der Waals surface area contributed by atoms with Crippen molar-refractivity contribution < 1.29 is 4.79 Å². The number of carbonyl (C=O) groups is 1. The van der Waals surface area contributed by atoms with Crippen LogP contribution in [0.1, 0.15) is 95.0 Å². The normalized spacial score (nSPS) is 12.8. The van der Waals surface area contributed by atoms with Gasteiger partial charge in [0.25, 0.3) is 0 Å². The van der Waals surface area contributed by atoms with Crippen LogP contribution in [-0.2, 0) is 16.6 Å². The van der Waals surface area contributed by atoms with E-state index >= 15 is 0 Å². The zero-order valence-corrected chi connectivity index (χ0v) is 27.8. The summed E-state index contributed by atoms with van der Waals surface area (Å²) < 4.78 is 0. The molecule has 2 heterocycles. The maximum absolute atomic E-state index is 13.9. The van der Waals surface area contributed by atoms with Gasteiger partial charge in [0.05, 0.1) is 11.1 Å². The zero-order valence-electron chi connectivity index (χ0n) is 27.8. The molecule has 0 spiro atoms. The Morgan fingerprint density at radius 1 is 0.907 bits per heavy atom. The number of nitrogens with zero attached hydrogens (tertiary/aromatic N) is 2. The summed E-state index contributed by atoms with van der Waals surface area (Å²) in [5.41, 5.74) is 9.11. The number of unbranched alkanes of at least 4 members (excludes halogenated alkanes) is 1. The number of aromatic nitrogens is 2. The standard InChI is InChI=1S/C38H52N4O/c1-25(2)42(26(3)4)37(43)38(8,9)32-13-14-34-33(23-32)35(36(41-34)31-21-27(5)20-28(6)22-31)29(7)24-40-17-11-10-12-30-15-18-39-19-16-30/h13-16,18-23,25-26,29,40-41H,10-12,17,24H2,1-9H3/t29-/m1/s1. The Morgan fingerprint density at radius 2 is 1.56 bits per heavy atom. The van der Waals surface area contributed by atoms with Crippen LogP contribution in [0.25, 0.3) is 22.2 Å². The van der Waals surface area contributed by atoms with E-state index in [0.29, 0.717) is 0 Å². The number of rotatable bonds is 13. The van der Waals surface area contributed by atoms with Crippen molar-refractivity contribution >= 4 is 16.8 Å². The lowest BCUT2D eigenvalue weighted by Gasteiger charge is -2.37. The summed E-state index contributed by atoms with van der Waals surface area (Å²) in [6, 6.07) is 17.9. The fraction of sp³-hybridized carbons (Fsp3) is 0.474. The lowest BCUT2D eigenvalue weighted by atomic mass is 9.81. The second-order valence-electron chi connectivity index (χ2n) is 13.5. The van der Waals surface area contributed by atoms with Crippen LogP contribution in [-0.4, -0.2) is 45.9 Å². The van der Waals surface area contributed by atoms with E-state index in [-0.39, 0.29) is 23.9 Å². The lowest BCUT2D eigenvalue weighted by Crippen LogP contribution is -2.50. The predicted molar refractivity (Wildman–Crippen MR) is 182 cm³/mol. The molecule has 5 heteroatoms. The minimum Gasteiger partial charge on any atom is -0.354 e. The molecular formula is C38H52N4O. The first-order chi connectivity index (χ1) is 20.4. The second-order valence-corrected chi connectivity index (χ2v) is 13.5. The summed E-state index contributed by atoms with van der Waals surface area (Å²) in [6.07, 6.45) is 7.12. The number of fused-ring (bicyclic) bond motifs is 1. The summed E-state index contributed by atoms with van der Waals surface area (Å²) in [5, 5.41) is 4.95. The van der Waals surface area contributed by atoms with Crippen LogP contribution in [0.3, 0.4) is 0 Å². The minimum atomic E-state index is -0.645. The highest BCUT2D eigenvalue weighted by Crippen LogP contribution is 2.39. The molecule has 2 aromatic carbocycles. The Labute approximate surface area is 259 Å².